The monoisotopic (exact) mass is 300 g/mol. The Kier molecular flexibility index (Phi) is 6.98. The molecule has 0 aliphatic carbocycles. The lowest BCUT2D eigenvalue weighted by Gasteiger charge is -2.24. The number of nitrogens with zero attached hydrogens (tertiary/aromatic N) is 1. The molecule has 0 heterocycles. The third-order valence-corrected chi connectivity index (χ3v) is 4.81. The molecule has 1 aromatic carbocycles. The molecule has 0 saturated carbocycles. The topological polar surface area (TPSA) is 72.6 Å². The molecule has 0 bridgehead atoms. The Morgan fingerprint density at radius 3 is 2.65 bits per heavy atom. The molecule has 0 saturated heterocycles. The smallest absolute Gasteiger partial charge is 0.235 e. The van der Waals surface area contributed by atoms with Crippen molar-refractivity contribution in [2.45, 2.75) is 19.8 Å². The molecule has 5 nitrogen and oxygen atoms in total. The van der Waals surface area contributed by atoms with Gasteiger partial charge in [-0.05, 0) is 44.0 Å². The number of hydrogen-bond donors (Lipinski definition) is 1. The van der Waals surface area contributed by atoms with Crippen molar-refractivity contribution in [1.29, 1.82) is 0 Å². The number of hydrogen-bond acceptors (Lipinski definition) is 4. The minimum Gasteiger partial charge on any atom is -0.385 e. The summed E-state index contributed by atoms with van der Waals surface area (Å²) in [6, 6.07) is 7.51. The second-order valence-electron chi connectivity index (χ2n) is 4.72. The van der Waals surface area contributed by atoms with Gasteiger partial charge in [-0.2, -0.15) is 0 Å². The summed E-state index contributed by atoms with van der Waals surface area (Å²) in [5.41, 5.74) is 7.25. The maximum Gasteiger partial charge on any atom is 0.235 e. The molecule has 0 aliphatic heterocycles. The normalized spacial score (nSPS) is 11.6. The number of sulfonamides is 1. The molecule has 0 unspecified atom stereocenters. The molecule has 0 aromatic heterocycles. The van der Waals surface area contributed by atoms with Crippen molar-refractivity contribution in [3.63, 3.8) is 0 Å². The lowest BCUT2D eigenvalue weighted by atomic mass is 10.2. The van der Waals surface area contributed by atoms with E-state index in [1.807, 2.05) is 31.2 Å². The molecule has 1 rings (SSSR count). The molecule has 0 radical (unpaired) electrons. The van der Waals surface area contributed by atoms with Crippen LogP contribution in [0.2, 0.25) is 0 Å². The second-order valence-corrected chi connectivity index (χ2v) is 6.73. The first-order valence-electron chi connectivity index (χ1n) is 6.77. The van der Waals surface area contributed by atoms with E-state index < -0.39 is 10.0 Å². The fourth-order valence-electron chi connectivity index (χ4n) is 1.94. The lowest BCUT2D eigenvalue weighted by Crippen LogP contribution is -2.35. The van der Waals surface area contributed by atoms with E-state index in [-0.39, 0.29) is 5.75 Å². The van der Waals surface area contributed by atoms with Gasteiger partial charge in [-0.3, -0.25) is 4.31 Å². The number of benzene rings is 1. The van der Waals surface area contributed by atoms with Gasteiger partial charge < -0.3 is 10.5 Å². The summed E-state index contributed by atoms with van der Waals surface area (Å²) in [6.07, 6.45) is 1.13. The van der Waals surface area contributed by atoms with E-state index in [9.17, 15) is 8.42 Å². The first kappa shape index (κ1) is 16.9. The molecule has 6 heteroatoms. The summed E-state index contributed by atoms with van der Waals surface area (Å²) >= 11 is 0. The summed E-state index contributed by atoms with van der Waals surface area (Å²) in [5.74, 6) is 0.0827. The van der Waals surface area contributed by atoms with Crippen LogP contribution in [0.1, 0.15) is 18.4 Å². The number of ether oxygens (including phenoxy) is 1. The summed E-state index contributed by atoms with van der Waals surface area (Å²) < 4.78 is 31.3. The molecule has 20 heavy (non-hydrogen) atoms. The number of nitrogens with two attached hydrogens (primary N) is 1. The van der Waals surface area contributed by atoms with E-state index >= 15 is 0 Å². The molecule has 2 N–H and O–H groups in total. The molecular formula is C14H24N2O3S. The molecule has 0 aliphatic rings. The van der Waals surface area contributed by atoms with Crippen LogP contribution in [0.4, 0.5) is 5.69 Å². The zero-order chi connectivity index (χ0) is 15.0. The fraction of sp³-hybridized carbons (Fsp3) is 0.571. The van der Waals surface area contributed by atoms with Gasteiger partial charge in [0.1, 0.15) is 0 Å². The Bertz CT molecular complexity index is 503. The summed E-state index contributed by atoms with van der Waals surface area (Å²) in [4.78, 5) is 0. The highest BCUT2D eigenvalue weighted by Crippen LogP contribution is 2.20. The minimum absolute atomic E-state index is 0.0827. The molecular weight excluding hydrogens is 276 g/mol. The van der Waals surface area contributed by atoms with Crippen molar-refractivity contribution in [2.75, 3.05) is 36.9 Å². The van der Waals surface area contributed by atoms with Crippen LogP contribution in [-0.4, -0.2) is 41.0 Å². The highest BCUT2D eigenvalue weighted by molar-refractivity contribution is 7.92. The van der Waals surface area contributed by atoms with E-state index in [2.05, 4.69) is 0 Å². The molecule has 1 aromatic rings. The van der Waals surface area contributed by atoms with Gasteiger partial charge in [0, 0.05) is 20.3 Å². The maximum atomic E-state index is 12.5. The molecule has 114 valence electrons. The Labute approximate surface area is 121 Å². The van der Waals surface area contributed by atoms with Crippen molar-refractivity contribution >= 4 is 15.7 Å². The van der Waals surface area contributed by atoms with Crippen LogP contribution in [0.15, 0.2) is 24.3 Å². The highest BCUT2D eigenvalue weighted by atomic mass is 32.2. The van der Waals surface area contributed by atoms with Gasteiger partial charge in [-0.15, -0.1) is 0 Å². The number of aryl methyl sites for hydroxylation is 1. The Hall–Kier alpha value is -1.11. The van der Waals surface area contributed by atoms with Crippen LogP contribution in [0, 0.1) is 6.92 Å². The van der Waals surface area contributed by atoms with Gasteiger partial charge in [0.15, 0.2) is 0 Å². The van der Waals surface area contributed by atoms with Crippen LogP contribution in [0.25, 0.3) is 0 Å². The standard InChI is InChI=1S/C14H24N2O3S/c1-13-6-3-7-14(12-13)16(9-4-8-15)20(17,18)11-5-10-19-2/h3,6-7,12H,4-5,8-11,15H2,1-2H3. The fourth-order valence-corrected chi connectivity index (χ4v) is 3.49. The number of anilines is 1. The minimum atomic E-state index is -3.34. The van der Waals surface area contributed by atoms with Gasteiger partial charge >= 0.3 is 0 Å². The average molecular weight is 300 g/mol. The van der Waals surface area contributed by atoms with Crippen LogP contribution in [-0.2, 0) is 14.8 Å². The van der Waals surface area contributed by atoms with Gasteiger partial charge in [-0.1, -0.05) is 12.1 Å². The van der Waals surface area contributed by atoms with Crippen LogP contribution in [0.5, 0.6) is 0 Å². The van der Waals surface area contributed by atoms with E-state index in [0.717, 1.165) is 5.56 Å². The molecule has 0 atom stereocenters. The number of rotatable bonds is 9. The third-order valence-electron chi connectivity index (χ3n) is 2.94. The zero-order valence-corrected chi connectivity index (χ0v) is 13.0. The summed E-state index contributed by atoms with van der Waals surface area (Å²) in [7, 11) is -1.77. The van der Waals surface area contributed by atoms with Crippen LogP contribution >= 0.6 is 0 Å². The van der Waals surface area contributed by atoms with Gasteiger partial charge in [0.25, 0.3) is 0 Å². The van der Waals surface area contributed by atoms with E-state index in [1.54, 1.807) is 7.11 Å². The lowest BCUT2D eigenvalue weighted by molar-refractivity contribution is 0.199. The van der Waals surface area contributed by atoms with Crippen molar-refractivity contribution in [1.82, 2.24) is 0 Å². The maximum absolute atomic E-state index is 12.5. The Balaban J connectivity index is 2.93. The molecule has 0 spiro atoms. The Morgan fingerprint density at radius 1 is 1.30 bits per heavy atom. The highest BCUT2D eigenvalue weighted by Gasteiger charge is 2.21. The third kappa shape index (κ3) is 5.11. The first-order chi connectivity index (χ1) is 9.51. The van der Waals surface area contributed by atoms with Gasteiger partial charge in [0.2, 0.25) is 10.0 Å². The van der Waals surface area contributed by atoms with Crippen molar-refractivity contribution in [3.8, 4) is 0 Å². The predicted octanol–water partition coefficient (Wildman–Crippen LogP) is 1.52. The van der Waals surface area contributed by atoms with Gasteiger partial charge in [0.05, 0.1) is 11.4 Å². The van der Waals surface area contributed by atoms with Crippen molar-refractivity contribution < 1.29 is 13.2 Å². The van der Waals surface area contributed by atoms with Crippen LogP contribution in [0.3, 0.4) is 0 Å². The average Bonchev–Trinajstić information content (AvgIpc) is 2.39. The van der Waals surface area contributed by atoms with E-state index in [4.69, 9.17) is 10.5 Å². The van der Waals surface area contributed by atoms with Crippen molar-refractivity contribution in [3.05, 3.63) is 29.8 Å². The predicted molar refractivity (Wildman–Crippen MR) is 82.5 cm³/mol. The zero-order valence-electron chi connectivity index (χ0n) is 12.2. The summed E-state index contributed by atoms with van der Waals surface area (Å²) in [5, 5.41) is 0. The van der Waals surface area contributed by atoms with Gasteiger partial charge in [-0.25, -0.2) is 8.42 Å². The second kappa shape index (κ2) is 8.24. The Morgan fingerprint density at radius 2 is 2.05 bits per heavy atom. The summed E-state index contributed by atoms with van der Waals surface area (Å²) in [6.45, 7) is 3.27. The van der Waals surface area contributed by atoms with E-state index in [1.165, 1.54) is 4.31 Å². The largest absolute Gasteiger partial charge is 0.385 e. The molecule has 0 amide bonds. The van der Waals surface area contributed by atoms with E-state index in [0.29, 0.717) is 38.2 Å². The van der Waals surface area contributed by atoms with Crippen LogP contribution < -0.4 is 10.0 Å². The quantitative estimate of drug-likeness (QED) is 0.702. The number of methoxy groups -OCH3 is 1. The molecule has 0 fully saturated rings. The first-order valence-corrected chi connectivity index (χ1v) is 8.38. The SMILES string of the molecule is COCCCS(=O)(=O)N(CCCN)c1cccc(C)c1. The van der Waals surface area contributed by atoms with Crippen molar-refractivity contribution in [2.24, 2.45) is 5.73 Å².